The highest BCUT2D eigenvalue weighted by molar-refractivity contribution is 6.30. The minimum atomic E-state index is -5.32. The van der Waals surface area contributed by atoms with Gasteiger partial charge in [-0.05, 0) is 42.0 Å². The highest BCUT2D eigenvalue weighted by atomic mass is 35.5. The largest absolute Gasteiger partial charge is 0.497 e. The third kappa shape index (κ3) is 3.88. The van der Waals surface area contributed by atoms with Gasteiger partial charge in [-0.15, -0.1) is 0 Å². The molecule has 1 heterocycles. The molecule has 0 radical (unpaired) electrons. The van der Waals surface area contributed by atoms with E-state index in [-0.39, 0.29) is 16.1 Å². The summed E-state index contributed by atoms with van der Waals surface area (Å²) < 4.78 is 46.5. The second kappa shape index (κ2) is 7.57. The first-order valence-corrected chi connectivity index (χ1v) is 8.76. The number of ketones is 1. The second-order valence-electron chi connectivity index (χ2n) is 6.46. The van der Waals surface area contributed by atoms with Crippen LogP contribution in [0.1, 0.15) is 22.0 Å². The number of hydrogen-bond donors (Lipinski definition) is 3. The molecule has 1 aliphatic rings. The molecule has 3 N–H and O–H groups in total. The van der Waals surface area contributed by atoms with Gasteiger partial charge in [-0.2, -0.15) is 13.2 Å². The molecule has 1 fully saturated rings. The first kappa shape index (κ1) is 20.9. The lowest BCUT2D eigenvalue weighted by Gasteiger charge is -2.45. The average Bonchev–Trinajstić information content (AvgIpc) is 2.67. The van der Waals surface area contributed by atoms with Crippen molar-refractivity contribution in [1.82, 2.24) is 10.6 Å². The Kier molecular flexibility index (Phi) is 5.46. The summed E-state index contributed by atoms with van der Waals surface area (Å²) >= 11 is 5.78. The zero-order valence-corrected chi connectivity index (χ0v) is 15.7. The quantitative estimate of drug-likeness (QED) is 0.651. The van der Waals surface area contributed by atoms with Gasteiger partial charge in [0.25, 0.3) is 0 Å². The van der Waals surface area contributed by atoms with E-state index in [0.29, 0.717) is 5.75 Å². The Labute approximate surface area is 168 Å². The summed E-state index contributed by atoms with van der Waals surface area (Å²) in [4.78, 5) is 25.0. The van der Waals surface area contributed by atoms with Crippen LogP contribution < -0.4 is 15.4 Å². The van der Waals surface area contributed by atoms with Gasteiger partial charge in [-0.1, -0.05) is 23.7 Å². The van der Waals surface area contributed by atoms with Gasteiger partial charge in [0.1, 0.15) is 11.7 Å². The number of ether oxygens (including phenoxy) is 1. The molecule has 3 rings (SSSR count). The van der Waals surface area contributed by atoms with Gasteiger partial charge >= 0.3 is 12.2 Å². The zero-order chi connectivity index (χ0) is 21.4. The lowest BCUT2D eigenvalue weighted by molar-refractivity contribution is -0.287. The molecule has 0 saturated carbocycles. The Morgan fingerprint density at radius 1 is 1.14 bits per heavy atom. The van der Waals surface area contributed by atoms with Gasteiger partial charge in [0, 0.05) is 10.6 Å². The summed E-state index contributed by atoms with van der Waals surface area (Å²) in [5.41, 5.74) is -3.69. The van der Waals surface area contributed by atoms with E-state index in [2.05, 4.69) is 5.32 Å². The smallest absolute Gasteiger partial charge is 0.437 e. The van der Waals surface area contributed by atoms with Crippen molar-refractivity contribution in [2.24, 2.45) is 5.92 Å². The van der Waals surface area contributed by atoms with Crippen molar-refractivity contribution >= 4 is 23.4 Å². The number of hydrogen-bond acceptors (Lipinski definition) is 4. The van der Waals surface area contributed by atoms with E-state index in [1.54, 1.807) is 0 Å². The molecule has 2 amide bonds. The van der Waals surface area contributed by atoms with Crippen LogP contribution in [0.15, 0.2) is 48.5 Å². The molecule has 6 nitrogen and oxygen atoms in total. The van der Waals surface area contributed by atoms with Gasteiger partial charge in [-0.3, -0.25) is 4.79 Å². The fourth-order valence-corrected chi connectivity index (χ4v) is 3.35. The van der Waals surface area contributed by atoms with Crippen LogP contribution in [0.2, 0.25) is 5.02 Å². The Morgan fingerprint density at radius 2 is 1.72 bits per heavy atom. The number of carbonyl (C=O) groups is 2. The van der Waals surface area contributed by atoms with Gasteiger partial charge in [0.15, 0.2) is 5.78 Å². The SMILES string of the molecule is COc1ccc([C@@H]2NC(=O)N[C@](O)(C(F)(F)F)[C@H]2C(=O)c2ccc(Cl)cc2)cc1. The Bertz CT molecular complexity index is 919. The van der Waals surface area contributed by atoms with E-state index < -0.39 is 35.7 Å². The summed E-state index contributed by atoms with van der Waals surface area (Å²) in [6, 6.07) is 8.25. The van der Waals surface area contributed by atoms with Gasteiger partial charge in [0.2, 0.25) is 5.72 Å². The number of rotatable bonds is 4. The van der Waals surface area contributed by atoms with Crippen LogP contribution >= 0.6 is 11.6 Å². The van der Waals surface area contributed by atoms with Crippen LogP contribution in [0.5, 0.6) is 5.75 Å². The monoisotopic (exact) mass is 428 g/mol. The van der Waals surface area contributed by atoms with Crippen LogP contribution in [-0.2, 0) is 0 Å². The molecule has 154 valence electrons. The van der Waals surface area contributed by atoms with Gasteiger partial charge in [0.05, 0.1) is 13.2 Å². The molecule has 2 aromatic carbocycles. The molecule has 1 saturated heterocycles. The predicted octanol–water partition coefficient (Wildman–Crippen LogP) is 3.45. The minimum Gasteiger partial charge on any atom is -0.497 e. The molecule has 3 atom stereocenters. The number of alkyl halides is 3. The van der Waals surface area contributed by atoms with E-state index in [1.165, 1.54) is 61.0 Å². The number of nitrogens with one attached hydrogen (secondary N) is 2. The van der Waals surface area contributed by atoms with Crippen molar-refractivity contribution in [2.75, 3.05) is 7.11 Å². The number of aliphatic hydroxyl groups is 1. The number of amides is 2. The summed E-state index contributed by atoms with van der Waals surface area (Å²) in [7, 11) is 1.41. The fourth-order valence-electron chi connectivity index (χ4n) is 3.22. The standard InChI is InChI=1S/C19H16ClF3N2O4/c1-29-13-8-4-10(5-9-13)15-14(16(26)11-2-6-12(20)7-3-11)18(28,19(21,22)23)25-17(27)24-15/h2-9,14-15,28H,1H3,(H2,24,25,27)/t14-,15+,18-/m1/s1. The first-order valence-electron chi connectivity index (χ1n) is 8.38. The summed E-state index contributed by atoms with van der Waals surface area (Å²) in [5, 5.41) is 14.6. The van der Waals surface area contributed by atoms with Gasteiger partial charge < -0.3 is 20.5 Å². The van der Waals surface area contributed by atoms with Crippen molar-refractivity contribution in [2.45, 2.75) is 17.9 Å². The van der Waals surface area contributed by atoms with Crippen molar-refractivity contribution in [1.29, 1.82) is 0 Å². The summed E-state index contributed by atoms with van der Waals surface area (Å²) in [5.74, 6) is -2.69. The predicted molar refractivity (Wildman–Crippen MR) is 97.7 cm³/mol. The van der Waals surface area contributed by atoms with Crippen LogP contribution in [0.3, 0.4) is 0 Å². The molecule has 0 bridgehead atoms. The maximum absolute atomic E-state index is 13.8. The molecular formula is C19H16ClF3N2O4. The lowest BCUT2D eigenvalue weighted by Crippen LogP contribution is -2.72. The molecule has 0 aromatic heterocycles. The van der Waals surface area contributed by atoms with E-state index >= 15 is 0 Å². The van der Waals surface area contributed by atoms with Crippen molar-refractivity contribution in [3.05, 3.63) is 64.7 Å². The Hall–Kier alpha value is -2.78. The summed E-state index contributed by atoms with van der Waals surface area (Å²) in [6.07, 6.45) is -5.32. The second-order valence-corrected chi connectivity index (χ2v) is 6.90. The summed E-state index contributed by atoms with van der Waals surface area (Å²) in [6.45, 7) is 0. The zero-order valence-electron chi connectivity index (χ0n) is 15.0. The molecule has 2 aromatic rings. The highest BCUT2D eigenvalue weighted by Crippen LogP contribution is 2.44. The number of benzene rings is 2. The van der Waals surface area contributed by atoms with E-state index in [0.717, 1.165) is 0 Å². The van der Waals surface area contributed by atoms with Crippen molar-refractivity contribution in [3.63, 3.8) is 0 Å². The maximum atomic E-state index is 13.8. The maximum Gasteiger partial charge on any atom is 0.437 e. The van der Waals surface area contributed by atoms with Crippen molar-refractivity contribution in [3.8, 4) is 5.75 Å². The third-order valence-electron chi connectivity index (χ3n) is 4.69. The number of carbonyl (C=O) groups excluding carboxylic acids is 2. The highest BCUT2D eigenvalue weighted by Gasteiger charge is 2.66. The van der Waals surface area contributed by atoms with Crippen LogP contribution in [0, 0.1) is 5.92 Å². The van der Waals surface area contributed by atoms with Crippen LogP contribution in [0.25, 0.3) is 0 Å². The average molecular weight is 429 g/mol. The molecule has 29 heavy (non-hydrogen) atoms. The minimum absolute atomic E-state index is 0.0986. The normalized spacial score (nSPS) is 24.4. The molecular weight excluding hydrogens is 413 g/mol. The number of urea groups is 1. The third-order valence-corrected chi connectivity index (χ3v) is 4.94. The molecule has 0 spiro atoms. The van der Waals surface area contributed by atoms with Crippen LogP contribution in [0.4, 0.5) is 18.0 Å². The lowest BCUT2D eigenvalue weighted by atomic mass is 9.77. The first-order chi connectivity index (χ1) is 13.6. The Morgan fingerprint density at radius 3 is 2.24 bits per heavy atom. The van der Waals surface area contributed by atoms with Gasteiger partial charge in [-0.25, -0.2) is 4.79 Å². The van der Waals surface area contributed by atoms with E-state index in [1.807, 2.05) is 0 Å². The Balaban J connectivity index is 2.13. The van der Waals surface area contributed by atoms with E-state index in [4.69, 9.17) is 16.3 Å². The molecule has 10 heteroatoms. The number of methoxy groups -OCH3 is 1. The number of Topliss-reactive ketones (excluding diaryl/α,β-unsaturated/α-hetero) is 1. The number of halogens is 4. The van der Waals surface area contributed by atoms with Crippen LogP contribution in [-0.4, -0.2) is 35.9 Å². The molecule has 1 aliphatic heterocycles. The van der Waals surface area contributed by atoms with E-state index in [9.17, 15) is 27.9 Å². The topological polar surface area (TPSA) is 87.7 Å². The fraction of sp³-hybridized carbons (Fsp3) is 0.263. The van der Waals surface area contributed by atoms with Crippen molar-refractivity contribution < 1.29 is 32.6 Å². The molecule has 0 aliphatic carbocycles. The molecule has 0 unspecified atom stereocenters.